The van der Waals surface area contributed by atoms with Crippen LogP contribution in [0.1, 0.15) is 30.0 Å². The lowest BCUT2D eigenvalue weighted by Crippen LogP contribution is -2.32. The highest BCUT2D eigenvalue weighted by atomic mass is 35.5. The first-order valence-electron chi connectivity index (χ1n) is 11.4. The maximum atomic E-state index is 12.5. The van der Waals surface area contributed by atoms with Gasteiger partial charge in [-0.3, -0.25) is 5.10 Å². The van der Waals surface area contributed by atoms with Crippen molar-refractivity contribution >= 4 is 40.0 Å². The van der Waals surface area contributed by atoms with Crippen LogP contribution in [0.5, 0.6) is 0 Å². The minimum atomic E-state index is -0.677. The van der Waals surface area contributed by atoms with E-state index in [1.165, 1.54) is 10.5 Å². The molecule has 6 rings (SSSR count). The van der Waals surface area contributed by atoms with Gasteiger partial charge >= 0.3 is 6.03 Å². The fourth-order valence-electron chi connectivity index (χ4n) is 4.45. The number of H-pyrrole nitrogens is 1. The number of benzene rings is 3. The number of hydrogen-bond acceptors (Lipinski definition) is 4. The topological polar surface area (TPSA) is 106 Å². The summed E-state index contributed by atoms with van der Waals surface area (Å²) in [7, 11) is 0. The van der Waals surface area contributed by atoms with Gasteiger partial charge in [0.05, 0.1) is 28.5 Å². The number of urea groups is 1. The first-order chi connectivity index (χ1) is 17.1. The molecule has 8 nitrogen and oxygen atoms in total. The molecule has 35 heavy (non-hydrogen) atoms. The predicted octanol–water partition coefficient (Wildman–Crippen LogP) is 5.62. The lowest BCUT2D eigenvalue weighted by atomic mass is 10.0. The molecule has 3 N–H and O–H groups in total. The van der Waals surface area contributed by atoms with Crippen LogP contribution in [-0.4, -0.2) is 31.2 Å². The maximum Gasteiger partial charge on any atom is 0.325 e. The highest BCUT2D eigenvalue weighted by Crippen LogP contribution is 2.44. The van der Waals surface area contributed by atoms with Crippen molar-refractivity contribution in [1.29, 1.82) is 0 Å². The molecule has 1 aliphatic rings. The zero-order valence-corrected chi connectivity index (χ0v) is 19.5. The predicted molar refractivity (Wildman–Crippen MR) is 136 cm³/mol. The fraction of sp³-hybridized carbons (Fsp3) is 0.154. The molecule has 1 aliphatic carbocycles. The molecule has 0 radical (unpaired) electrons. The summed E-state index contributed by atoms with van der Waals surface area (Å²) >= 11 is 6.38. The van der Waals surface area contributed by atoms with Crippen molar-refractivity contribution in [2.24, 2.45) is 5.73 Å². The summed E-state index contributed by atoms with van der Waals surface area (Å²) in [6, 6.07) is 22.5. The van der Waals surface area contributed by atoms with Crippen molar-refractivity contribution in [2.75, 3.05) is 4.90 Å². The van der Waals surface area contributed by atoms with Crippen LogP contribution in [-0.2, 0) is 6.54 Å². The van der Waals surface area contributed by atoms with E-state index in [0.29, 0.717) is 29.0 Å². The third kappa shape index (κ3) is 3.91. The quantitative estimate of drug-likeness (QED) is 0.327. The Labute approximate surface area is 206 Å². The molecule has 0 bridgehead atoms. The van der Waals surface area contributed by atoms with E-state index in [-0.39, 0.29) is 0 Å². The van der Waals surface area contributed by atoms with Crippen molar-refractivity contribution in [2.45, 2.75) is 25.3 Å². The summed E-state index contributed by atoms with van der Waals surface area (Å²) in [5.41, 5.74) is 11.1. The molecule has 0 aliphatic heterocycles. The van der Waals surface area contributed by atoms with Gasteiger partial charge in [0.2, 0.25) is 0 Å². The van der Waals surface area contributed by atoms with Crippen molar-refractivity contribution in [3.8, 4) is 11.3 Å². The SMILES string of the molecule is NC(=O)N(c1ccccc1Cl)c1n[nH]c2ccc(-c3nnn(Cc4ccccc4)c3C3CC3)cc12. The van der Waals surface area contributed by atoms with Gasteiger partial charge in [-0.1, -0.05) is 65.3 Å². The van der Waals surface area contributed by atoms with Gasteiger partial charge in [-0.05, 0) is 42.7 Å². The van der Waals surface area contributed by atoms with Gasteiger partial charge in [0.15, 0.2) is 5.82 Å². The van der Waals surface area contributed by atoms with E-state index < -0.39 is 6.03 Å². The molecule has 2 amide bonds. The number of para-hydroxylation sites is 1. The Morgan fingerprint density at radius 3 is 2.60 bits per heavy atom. The van der Waals surface area contributed by atoms with Crippen LogP contribution in [0.15, 0.2) is 72.8 Å². The monoisotopic (exact) mass is 483 g/mol. The second kappa shape index (κ2) is 8.56. The summed E-state index contributed by atoms with van der Waals surface area (Å²) in [4.78, 5) is 13.8. The molecule has 0 saturated heterocycles. The molecule has 2 heterocycles. The van der Waals surface area contributed by atoms with Gasteiger partial charge < -0.3 is 5.73 Å². The van der Waals surface area contributed by atoms with Gasteiger partial charge in [0.1, 0.15) is 5.69 Å². The normalized spacial score (nSPS) is 13.3. The number of fused-ring (bicyclic) bond motifs is 1. The minimum absolute atomic E-state index is 0.382. The number of carbonyl (C=O) groups excluding carboxylic acids is 1. The summed E-state index contributed by atoms with van der Waals surface area (Å²) in [6.45, 7) is 0.667. The number of nitrogens with one attached hydrogen (secondary N) is 1. The van der Waals surface area contributed by atoms with Gasteiger partial charge in [0, 0.05) is 16.9 Å². The maximum absolute atomic E-state index is 12.5. The van der Waals surface area contributed by atoms with Crippen molar-refractivity contribution < 1.29 is 4.79 Å². The average molecular weight is 484 g/mol. The van der Waals surface area contributed by atoms with Crippen molar-refractivity contribution in [3.63, 3.8) is 0 Å². The van der Waals surface area contributed by atoms with Crippen LogP contribution in [0, 0.1) is 0 Å². The number of aromatic amines is 1. The number of nitrogens with two attached hydrogens (primary N) is 1. The molecular formula is C26H22ClN7O. The van der Waals surface area contributed by atoms with Crippen LogP contribution in [0.3, 0.4) is 0 Å². The molecule has 174 valence electrons. The summed E-state index contributed by atoms with van der Waals surface area (Å²) in [5, 5.41) is 17.6. The Morgan fingerprint density at radius 2 is 1.86 bits per heavy atom. The molecule has 2 aromatic heterocycles. The smallest absolute Gasteiger partial charge is 0.325 e. The van der Waals surface area contributed by atoms with Crippen LogP contribution in [0.4, 0.5) is 16.3 Å². The zero-order valence-electron chi connectivity index (χ0n) is 18.7. The number of carbonyl (C=O) groups is 1. The Balaban J connectivity index is 1.45. The van der Waals surface area contributed by atoms with Gasteiger partial charge in [-0.15, -0.1) is 5.10 Å². The lowest BCUT2D eigenvalue weighted by molar-refractivity contribution is 0.256. The third-order valence-electron chi connectivity index (χ3n) is 6.25. The molecule has 5 aromatic rings. The van der Waals surface area contributed by atoms with Crippen LogP contribution in [0.25, 0.3) is 22.2 Å². The van der Waals surface area contributed by atoms with Crippen molar-refractivity contribution in [3.05, 3.63) is 89.1 Å². The van der Waals surface area contributed by atoms with Crippen LogP contribution in [0.2, 0.25) is 5.02 Å². The van der Waals surface area contributed by atoms with Crippen LogP contribution < -0.4 is 10.6 Å². The Kier molecular flexibility index (Phi) is 5.22. The lowest BCUT2D eigenvalue weighted by Gasteiger charge is -2.19. The number of halogens is 1. The Morgan fingerprint density at radius 1 is 1.09 bits per heavy atom. The Hall–Kier alpha value is -4.17. The molecule has 0 atom stereocenters. The number of nitrogens with zero attached hydrogens (tertiary/aromatic N) is 5. The summed E-state index contributed by atoms with van der Waals surface area (Å²) in [6.07, 6.45) is 2.24. The van der Waals surface area contributed by atoms with E-state index in [9.17, 15) is 4.79 Å². The number of rotatable bonds is 6. The van der Waals surface area contributed by atoms with Gasteiger partial charge in [-0.2, -0.15) is 5.10 Å². The molecule has 9 heteroatoms. The van der Waals surface area contributed by atoms with Crippen LogP contribution >= 0.6 is 11.6 Å². The van der Waals surface area contributed by atoms with Crippen molar-refractivity contribution in [1.82, 2.24) is 25.2 Å². The van der Waals surface area contributed by atoms with E-state index in [4.69, 9.17) is 17.3 Å². The minimum Gasteiger partial charge on any atom is -0.351 e. The first kappa shape index (κ1) is 21.4. The first-order valence-corrected chi connectivity index (χ1v) is 11.8. The second-order valence-electron chi connectivity index (χ2n) is 8.67. The number of aromatic nitrogens is 5. The molecule has 1 fully saturated rings. The average Bonchev–Trinajstić information content (AvgIpc) is 3.49. The third-order valence-corrected chi connectivity index (χ3v) is 6.57. The summed E-state index contributed by atoms with van der Waals surface area (Å²) in [5.74, 6) is 0.820. The number of amides is 2. The number of hydrogen-bond donors (Lipinski definition) is 2. The van der Waals surface area contributed by atoms with E-state index in [2.05, 4.69) is 32.6 Å². The number of primary amides is 1. The largest absolute Gasteiger partial charge is 0.351 e. The van der Waals surface area contributed by atoms with E-state index >= 15 is 0 Å². The zero-order chi connectivity index (χ0) is 23.9. The fourth-order valence-corrected chi connectivity index (χ4v) is 4.67. The van der Waals surface area contributed by atoms with E-state index in [1.807, 2.05) is 41.1 Å². The standard InChI is InChI=1S/C26H22ClN7O/c27-20-8-4-5-9-22(20)34(26(28)35)25-19-14-18(12-13-21(19)29-31-25)23-24(17-10-11-17)33(32-30-23)15-16-6-2-1-3-7-16/h1-9,12-14,17H,10-11,15H2,(H2,28,35)(H,29,31). The molecule has 0 unspecified atom stereocenters. The van der Waals surface area contributed by atoms with E-state index in [1.54, 1.807) is 24.3 Å². The van der Waals surface area contributed by atoms with Gasteiger partial charge in [-0.25, -0.2) is 14.4 Å². The highest BCUT2D eigenvalue weighted by Gasteiger charge is 2.32. The van der Waals surface area contributed by atoms with Gasteiger partial charge in [0.25, 0.3) is 0 Å². The molecular weight excluding hydrogens is 462 g/mol. The van der Waals surface area contributed by atoms with E-state index in [0.717, 1.165) is 40.7 Å². The molecule has 1 saturated carbocycles. The molecule has 3 aromatic carbocycles. The number of anilines is 2. The molecule has 0 spiro atoms. The highest BCUT2D eigenvalue weighted by molar-refractivity contribution is 6.34. The summed E-state index contributed by atoms with van der Waals surface area (Å²) < 4.78 is 2.00. The Bertz CT molecular complexity index is 1540. The second-order valence-corrected chi connectivity index (χ2v) is 9.08.